The second-order valence-corrected chi connectivity index (χ2v) is 5.67. The Hall–Kier alpha value is -0.940. The normalized spacial score (nSPS) is 11.9. The third-order valence-electron chi connectivity index (χ3n) is 2.05. The summed E-state index contributed by atoms with van der Waals surface area (Å²) >= 11 is 1.44. The molecule has 0 unspecified atom stereocenters. The van der Waals surface area contributed by atoms with Crippen molar-refractivity contribution in [3.63, 3.8) is 0 Å². The molecule has 2 aromatic rings. The predicted molar refractivity (Wildman–Crippen MR) is 60.9 cm³/mol. The first-order valence-electron chi connectivity index (χ1n) is 4.60. The quantitative estimate of drug-likeness (QED) is 0.821. The van der Waals surface area contributed by atoms with Crippen molar-refractivity contribution in [2.45, 2.75) is 13.3 Å². The van der Waals surface area contributed by atoms with Gasteiger partial charge in [0.25, 0.3) is 0 Å². The fraction of sp³-hybridized carbons (Fsp3) is 0.222. The zero-order valence-corrected chi connectivity index (χ0v) is 10.2. The van der Waals surface area contributed by atoms with E-state index in [2.05, 4.69) is 4.98 Å². The Bertz CT molecular complexity index is 541. The molecule has 0 aromatic carbocycles. The number of aromatic nitrogens is 1. The van der Waals surface area contributed by atoms with Crippen molar-refractivity contribution in [1.82, 2.24) is 4.98 Å². The van der Waals surface area contributed by atoms with Gasteiger partial charge in [-0.3, -0.25) is 4.57 Å². The average molecular weight is 259 g/mol. The lowest BCUT2D eigenvalue weighted by Crippen LogP contribution is -2.03. The lowest BCUT2D eigenvalue weighted by Gasteiger charge is -2.01. The zero-order valence-electron chi connectivity index (χ0n) is 8.45. The molecule has 2 N–H and O–H groups in total. The van der Waals surface area contributed by atoms with Crippen molar-refractivity contribution < 1.29 is 18.8 Å². The Morgan fingerprint density at radius 2 is 2.31 bits per heavy atom. The largest absolute Gasteiger partial charge is 0.462 e. The van der Waals surface area contributed by atoms with Crippen LogP contribution in [0.15, 0.2) is 22.1 Å². The topological polar surface area (TPSA) is 83.6 Å². The Kier molecular flexibility index (Phi) is 2.99. The highest BCUT2D eigenvalue weighted by atomic mass is 32.1. The van der Waals surface area contributed by atoms with E-state index in [0.717, 1.165) is 11.4 Å². The Morgan fingerprint density at radius 3 is 2.88 bits per heavy atom. The molecule has 0 spiro atoms. The van der Waals surface area contributed by atoms with Crippen molar-refractivity contribution >= 4 is 24.2 Å². The Labute approximate surface area is 95.9 Å². The minimum absolute atomic E-state index is 0.111. The molecule has 0 aliphatic carbocycles. The van der Waals surface area contributed by atoms with Gasteiger partial charge in [-0.25, -0.2) is 4.98 Å². The van der Waals surface area contributed by atoms with Crippen LogP contribution >= 0.6 is 18.9 Å². The van der Waals surface area contributed by atoms with Crippen LogP contribution in [0.5, 0.6) is 0 Å². The SMILES string of the molecule is CCc1nc(-c2occc2P(=O)(O)O)cs1. The molecule has 7 heteroatoms. The third-order valence-corrected chi connectivity index (χ3v) is 4.02. The molecule has 2 heterocycles. The molecule has 0 fully saturated rings. The van der Waals surface area contributed by atoms with Crippen molar-refractivity contribution in [2.24, 2.45) is 0 Å². The van der Waals surface area contributed by atoms with E-state index < -0.39 is 7.60 Å². The molecule has 0 radical (unpaired) electrons. The zero-order chi connectivity index (χ0) is 11.8. The van der Waals surface area contributed by atoms with Crippen LogP contribution in [0.2, 0.25) is 0 Å². The van der Waals surface area contributed by atoms with Gasteiger partial charge in [0.1, 0.15) is 11.0 Å². The van der Waals surface area contributed by atoms with Gasteiger partial charge >= 0.3 is 7.60 Å². The highest BCUT2D eigenvalue weighted by Gasteiger charge is 2.26. The second kappa shape index (κ2) is 4.14. The predicted octanol–water partition coefficient (Wildman–Crippen LogP) is 1.77. The van der Waals surface area contributed by atoms with Crippen LogP contribution in [0.1, 0.15) is 11.9 Å². The first-order chi connectivity index (χ1) is 7.52. The van der Waals surface area contributed by atoms with Crippen LogP contribution in [0.25, 0.3) is 11.5 Å². The lowest BCUT2D eigenvalue weighted by molar-refractivity contribution is 0.387. The Morgan fingerprint density at radius 1 is 1.56 bits per heavy atom. The first kappa shape index (κ1) is 11.5. The molecule has 86 valence electrons. The maximum absolute atomic E-state index is 11.2. The van der Waals surface area contributed by atoms with Gasteiger partial charge in [0, 0.05) is 5.38 Å². The molecule has 0 aliphatic heterocycles. The number of furan rings is 1. The van der Waals surface area contributed by atoms with Crippen LogP contribution in [0, 0.1) is 0 Å². The summed E-state index contributed by atoms with van der Waals surface area (Å²) in [5.74, 6) is 0.157. The molecule has 2 aromatic heterocycles. The minimum Gasteiger partial charge on any atom is -0.462 e. The fourth-order valence-corrected chi connectivity index (χ4v) is 2.71. The van der Waals surface area contributed by atoms with E-state index in [4.69, 9.17) is 14.2 Å². The fourth-order valence-electron chi connectivity index (χ4n) is 1.30. The molecule has 0 saturated heterocycles. The van der Waals surface area contributed by atoms with E-state index in [1.807, 2.05) is 6.92 Å². The average Bonchev–Trinajstić information content (AvgIpc) is 2.84. The lowest BCUT2D eigenvalue weighted by atomic mass is 10.3. The highest BCUT2D eigenvalue weighted by Crippen LogP contribution is 2.38. The van der Waals surface area contributed by atoms with Gasteiger partial charge in [0.05, 0.1) is 11.3 Å². The number of thiazole rings is 1. The number of rotatable bonds is 3. The van der Waals surface area contributed by atoms with Crippen molar-refractivity contribution in [3.05, 3.63) is 22.7 Å². The molecule has 2 rings (SSSR count). The summed E-state index contributed by atoms with van der Waals surface area (Å²) in [5.41, 5.74) is 0.477. The summed E-state index contributed by atoms with van der Waals surface area (Å²) in [6, 6.07) is 1.28. The van der Waals surface area contributed by atoms with Crippen LogP contribution in [-0.4, -0.2) is 14.8 Å². The monoisotopic (exact) mass is 259 g/mol. The molecule has 5 nitrogen and oxygen atoms in total. The molecular formula is C9H10NO4PS. The smallest absolute Gasteiger partial charge is 0.360 e. The third kappa shape index (κ3) is 2.10. The van der Waals surface area contributed by atoms with E-state index in [-0.39, 0.29) is 11.1 Å². The van der Waals surface area contributed by atoms with Crippen LogP contribution in [0.3, 0.4) is 0 Å². The van der Waals surface area contributed by atoms with Crippen molar-refractivity contribution in [2.75, 3.05) is 0 Å². The maximum Gasteiger partial charge on any atom is 0.360 e. The van der Waals surface area contributed by atoms with Gasteiger partial charge in [0.15, 0.2) is 5.76 Å². The number of nitrogens with zero attached hydrogens (tertiary/aromatic N) is 1. The molecule has 0 saturated carbocycles. The standard InChI is InChI=1S/C9H10NO4PS/c1-2-8-10-6(5-16-8)9-7(3-4-14-9)15(11,12)13/h3-5H,2H2,1H3,(H2,11,12,13). The van der Waals surface area contributed by atoms with Gasteiger partial charge in [-0.05, 0) is 12.5 Å². The van der Waals surface area contributed by atoms with Gasteiger partial charge < -0.3 is 14.2 Å². The van der Waals surface area contributed by atoms with Crippen molar-refractivity contribution in [3.8, 4) is 11.5 Å². The number of hydrogen-bond donors (Lipinski definition) is 2. The van der Waals surface area contributed by atoms with E-state index >= 15 is 0 Å². The number of aryl methyl sites for hydroxylation is 1. The van der Waals surface area contributed by atoms with Gasteiger partial charge in [0.2, 0.25) is 0 Å². The molecule has 16 heavy (non-hydrogen) atoms. The van der Waals surface area contributed by atoms with Gasteiger partial charge in [-0.15, -0.1) is 11.3 Å². The molecule has 0 amide bonds. The highest BCUT2D eigenvalue weighted by molar-refractivity contribution is 7.60. The molecular weight excluding hydrogens is 249 g/mol. The molecule has 0 atom stereocenters. The van der Waals surface area contributed by atoms with E-state index in [1.165, 1.54) is 23.7 Å². The van der Waals surface area contributed by atoms with Crippen LogP contribution in [-0.2, 0) is 11.0 Å². The van der Waals surface area contributed by atoms with E-state index in [9.17, 15) is 4.57 Å². The number of hydrogen-bond acceptors (Lipinski definition) is 4. The summed E-state index contributed by atoms with van der Waals surface area (Å²) in [4.78, 5) is 22.4. The van der Waals surface area contributed by atoms with E-state index in [1.54, 1.807) is 5.38 Å². The maximum atomic E-state index is 11.2. The second-order valence-electron chi connectivity index (χ2n) is 3.16. The van der Waals surface area contributed by atoms with Crippen molar-refractivity contribution in [1.29, 1.82) is 0 Å². The molecule has 0 aliphatic rings. The van der Waals surface area contributed by atoms with Gasteiger partial charge in [-0.2, -0.15) is 0 Å². The van der Waals surface area contributed by atoms with Crippen LogP contribution in [0.4, 0.5) is 0 Å². The van der Waals surface area contributed by atoms with E-state index in [0.29, 0.717) is 5.69 Å². The summed E-state index contributed by atoms with van der Waals surface area (Å²) in [6.45, 7) is 1.97. The first-order valence-corrected chi connectivity index (χ1v) is 7.10. The summed E-state index contributed by atoms with van der Waals surface area (Å²) in [6.07, 6.45) is 2.05. The van der Waals surface area contributed by atoms with Crippen LogP contribution < -0.4 is 5.30 Å². The van der Waals surface area contributed by atoms with Gasteiger partial charge in [-0.1, -0.05) is 6.92 Å². The minimum atomic E-state index is -4.30. The summed E-state index contributed by atoms with van der Waals surface area (Å²) < 4.78 is 16.3. The summed E-state index contributed by atoms with van der Waals surface area (Å²) in [5, 5.41) is 2.53. The Balaban J connectivity index is 2.49. The summed E-state index contributed by atoms with van der Waals surface area (Å²) in [7, 11) is -4.30. The molecule has 0 bridgehead atoms.